The van der Waals surface area contributed by atoms with Crippen molar-refractivity contribution in [3.8, 4) is 0 Å². The van der Waals surface area contributed by atoms with Gasteiger partial charge in [0.05, 0.1) is 0 Å². The quantitative estimate of drug-likeness (QED) is 0.483. The predicted molar refractivity (Wildman–Crippen MR) is 28.9 cm³/mol. The number of rotatable bonds is 1. The Morgan fingerprint density at radius 2 is 2.17 bits per heavy atom. The Kier molecular flexibility index (Phi) is 3.04. The molecule has 2 heteroatoms. The van der Waals surface area contributed by atoms with E-state index in [1.807, 2.05) is 6.92 Å². The molecule has 0 aliphatic carbocycles. The summed E-state index contributed by atoms with van der Waals surface area (Å²) in [5.74, 6) is 0. The second-order valence-corrected chi connectivity index (χ2v) is 2.24. The molecule has 0 N–H and O–H groups in total. The molecule has 0 amide bonds. The molecule has 0 heterocycles. The van der Waals surface area contributed by atoms with Crippen molar-refractivity contribution in [2.75, 3.05) is 6.26 Å². The highest BCUT2D eigenvalue weighted by Crippen LogP contribution is 1.73. The van der Waals surface area contributed by atoms with Crippen LogP contribution >= 0.6 is 0 Å². The van der Waals surface area contributed by atoms with Crippen molar-refractivity contribution >= 4 is 10.8 Å². The Morgan fingerprint density at radius 3 is 2.17 bits per heavy atom. The highest BCUT2D eigenvalue weighted by atomic mass is 32.2. The highest BCUT2D eigenvalue weighted by Gasteiger charge is 1.69. The van der Waals surface area contributed by atoms with Crippen molar-refractivity contribution in [2.24, 2.45) is 0 Å². The SMILES string of the molecule is C/C=C/[S@](C)=O. The maximum Gasteiger partial charge on any atom is 0.0421 e. The zero-order valence-corrected chi connectivity index (χ0v) is 4.79. The molecule has 0 unspecified atom stereocenters. The lowest BCUT2D eigenvalue weighted by atomic mass is 10.8. The summed E-state index contributed by atoms with van der Waals surface area (Å²) in [6.45, 7) is 1.85. The van der Waals surface area contributed by atoms with Crippen LogP contribution in [0.1, 0.15) is 6.92 Å². The normalized spacial score (nSPS) is 15.7. The average Bonchev–Trinajstić information content (AvgIpc) is 1.35. The van der Waals surface area contributed by atoms with Gasteiger partial charge in [0.15, 0.2) is 0 Å². The van der Waals surface area contributed by atoms with E-state index in [1.54, 1.807) is 17.7 Å². The van der Waals surface area contributed by atoms with Crippen LogP contribution in [-0.2, 0) is 10.8 Å². The fourth-order valence-electron chi connectivity index (χ4n) is 0.192. The third kappa shape index (κ3) is 3.89. The second-order valence-electron chi connectivity index (χ2n) is 0.968. The van der Waals surface area contributed by atoms with Gasteiger partial charge in [-0.1, -0.05) is 6.08 Å². The third-order valence-electron chi connectivity index (χ3n) is 0.328. The maximum absolute atomic E-state index is 10.1. The summed E-state index contributed by atoms with van der Waals surface area (Å²) in [4.78, 5) is 0. The molecule has 0 saturated carbocycles. The lowest BCUT2D eigenvalue weighted by molar-refractivity contribution is 0.691. The van der Waals surface area contributed by atoms with Crippen molar-refractivity contribution in [1.82, 2.24) is 0 Å². The van der Waals surface area contributed by atoms with Crippen LogP contribution in [0.4, 0.5) is 0 Å². The van der Waals surface area contributed by atoms with Gasteiger partial charge in [-0.05, 0) is 12.3 Å². The smallest absolute Gasteiger partial charge is 0.0421 e. The van der Waals surface area contributed by atoms with Gasteiger partial charge < -0.3 is 0 Å². The van der Waals surface area contributed by atoms with Gasteiger partial charge in [-0.2, -0.15) is 0 Å². The zero-order valence-electron chi connectivity index (χ0n) is 3.97. The minimum absolute atomic E-state index is 0.746. The third-order valence-corrected chi connectivity index (χ3v) is 0.983. The lowest BCUT2D eigenvalue weighted by Crippen LogP contribution is -1.71. The van der Waals surface area contributed by atoms with Gasteiger partial charge in [-0.15, -0.1) is 0 Å². The first-order chi connectivity index (χ1) is 2.77. The molecule has 0 rings (SSSR count). The van der Waals surface area contributed by atoms with E-state index in [9.17, 15) is 4.21 Å². The van der Waals surface area contributed by atoms with Gasteiger partial charge in [0.1, 0.15) is 0 Å². The maximum atomic E-state index is 10.1. The fourth-order valence-corrected chi connectivity index (χ4v) is 0.575. The van der Waals surface area contributed by atoms with Crippen LogP contribution < -0.4 is 0 Å². The number of hydrogen-bond acceptors (Lipinski definition) is 1. The molecule has 0 aliphatic heterocycles. The molecule has 1 atom stereocenters. The molecular weight excluding hydrogens is 96.1 g/mol. The first kappa shape index (κ1) is 5.89. The Bertz CT molecular complexity index is 75.6. The van der Waals surface area contributed by atoms with E-state index < -0.39 is 10.8 Å². The summed E-state index contributed by atoms with van der Waals surface area (Å²) in [6, 6.07) is 0. The van der Waals surface area contributed by atoms with Gasteiger partial charge in [0.2, 0.25) is 0 Å². The van der Waals surface area contributed by atoms with Crippen molar-refractivity contribution in [1.29, 1.82) is 0 Å². The van der Waals surface area contributed by atoms with E-state index in [1.165, 1.54) is 0 Å². The van der Waals surface area contributed by atoms with E-state index in [0.717, 1.165) is 0 Å². The highest BCUT2D eigenvalue weighted by molar-refractivity contribution is 7.87. The van der Waals surface area contributed by atoms with Crippen molar-refractivity contribution in [3.05, 3.63) is 11.5 Å². The standard InChI is InChI=1S/C4H8OS/c1-3-4-6(2)5/h3-4H,1-2H3/b4-3+/t6-/m0/s1. The first-order valence-corrected chi connectivity index (χ1v) is 3.34. The summed E-state index contributed by atoms with van der Waals surface area (Å²) in [6.07, 6.45) is 3.41. The summed E-state index contributed by atoms with van der Waals surface area (Å²) < 4.78 is 10.1. The number of hydrogen-bond donors (Lipinski definition) is 0. The molecule has 0 aliphatic rings. The summed E-state index contributed by atoms with van der Waals surface area (Å²) in [5, 5.41) is 1.64. The largest absolute Gasteiger partial charge is 0.255 e. The molecule has 0 aromatic carbocycles. The topological polar surface area (TPSA) is 17.1 Å². The van der Waals surface area contributed by atoms with Crippen LogP contribution in [0.3, 0.4) is 0 Å². The Morgan fingerprint density at radius 1 is 1.67 bits per heavy atom. The molecule has 0 aromatic heterocycles. The molecule has 0 fully saturated rings. The monoisotopic (exact) mass is 104 g/mol. The fraction of sp³-hybridized carbons (Fsp3) is 0.500. The van der Waals surface area contributed by atoms with Gasteiger partial charge in [-0.3, -0.25) is 4.21 Å². The predicted octanol–water partition coefficient (Wildman–Crippen LogP) is 0.899. The molecule has 0 aromatic rings. The Hall–Kier alpha value is -0.110. The lowest BCUT2D eigenvalue weighted by Gasteiger charge is -1.70. The van der Waals surface area contributed by atoms with Crippen molar-refractivity contribution in [2.45, 2.75) is 6.92 Å². The molecule has 0 saturated heterocycles. The summed E-state index contributed by atoms with van der Waals surface area (Å²) >= 11 is 0. The van der Waals surface area contributed by atoms with Crippen LogP contribution in [-0.4, -0.2) is 10.5 Å². The van der Waals surface area contributed by atoms with E-state index >= 15 is 0 Å². The average molecular weight is 104 g/mol. The first-order valence-electron chi connectivity index (χ1n) is 1.72. The van der Waals surface area contributed by atoms with Gasteiger partial charge in [0.25, 0.3) is 0 Å². The summed E-state index contributed by atoms with van der Waals surface area (Å²) in [7, 11) is -0.746. The van der Waals surface area contributed by atoms with Crippen LogP contribution in [0.25, 0.3) is 0 Å². The minimum Gasteiger partial charge on any atom is -0.255 e. The summed E-state index contributed by atoms with van der Waals surface area (Å²) in [5.41, 5.74) is 0. The van der Waals surface area contributed by atoms with E-state index in [2.05, 4.69) is 0 Å². The Labute approximate surface area is 40.5 Å². The molecule has 0 radical (unpaired) electrons. The molecule has 1 nitrogen and oxygen atoms in total. The van der Waals surface area contributed by atoms with Crippen LogP contribution in [0.2, 0.25) is 0 Å². The van der Waals surface area contributed by atoms with Crippen LogP contribution in [0, 0.1) is 0 Å². The van der Waals surface area contributed by atoms with E-state index in [0.29, 0.717) is 0 Å². The Balaban J connectivity index is 3.30. The molecular formula is C4H8OS. The molecule has 36 valence electrons. The van der Waals surface area contributed by atoms with Gasteiger partial charge in [0, 0.05) is 17.1 Å². The molecule has 0 spiro atoms. The van der Waals surface area contributed by atoms with Crippen molar-refractivity contribution < 1.29 is 4.21 Å². The number of allylic oxidation sites excluding steroid dienone is 1. The van der Waals surface area contributed by atoms with Gasteiger partial charge in [-0.25, -0.2) is 0 Å². The minimum atomic E-state index is -0.746. The van der Waals surface area contributed by atoms with Crippen LogP contribution in [0.15, 0.2) is 11.5 Å². The van der Waals surface area contributed by atoms with E-state index in [4.69, 9.17) is 0 Å². The zero-order chi connectivity index (χ0) is 4.99. The van der Waals surface area contributed by atoms with Crippen LogP contribution in [0.5, 0.6) is 0 Å². The second kappa shape index (κ2) is 3.09. The van der Waals surface area contributed by atoms with Gasteiger partial charge >= 0.3 is 0 Å². The van der Waals surface area contributed by atoms with E-state index in [-0.39, 0.29) is 0 Å². The van der Waals surface area contributed by atoms with Crippen molar-refractivity contribution in [3.63, 3.8) is 0 Å². The molecule has 0 bridgehead atoms. The molecule has 6 heavy (non-hydrogen) atoms.